The minimum atomic E-state index is -2.50. The van der Waals surface area contributed by atoms with E-state index in [-0.39, 0.29) is 18.9 Å². The Morgan fingerprint density at radius 3 is 2.89 bits per heavy atom. The zero-order chi connectivity index (χ0) is 14.1. The highest BCUT2D eigenvalue weighted by Gasteiger charge is 2.05. The lowest BCUT2D eigenvalue weighted by Crippen LogP contribution is -2.16. The van der Waals surface area contributed by atoms with Crippen molar-refractivity contribution in [3.8, 4) is 0 Å². The Morgan fingerprint density at radius 2 is 2.21 bits per heavy atom. The van der Waals surface area contributed by atoms with Gasteiger partial charge in [-0.2, -0.15) is 0 Å². The predicted octanol–water partition coefficient (Wildman–Crippen LogP) is 2.02. The SMILES string of the molecule is CNCc1cccc(NC(=O)CCOCC(F)F)c1. The van der Waals surface area contributed by atoms with Gasteiger partial charge in [0.2, 0.25) is 5.91 Å². The van der Waals surface area contributed by atoms with Crippen molar-refractivity contribution in [1.82, 2.24) is 5.32 Å². The van der Waals surface area contributed by atoms with Gasteiger partial charge in [0.1, 0.15) is 6.61 Å². The maximum Gasteiger partial charge on any atom is 0.261 e. The molecule has 0 saturated carbocycles. The van der Waals surface area contributed by atoms with E-state index >= 15 is 0 Å². The Bertz CT molecular complexity index is 400. The summed E-state index contributed by atoms with van der Waals surface area (Å²) in [5, 5.41) is 5.71. The van der Waals surface area contributed by atoms with Crippen LogP contribution in [-0.2, 0) is 16.1 Å². The van der Waals surface area contributed by atoms with E-state index in [1.807, 2.05) is 25.2 Å². The molecule has 1 rings (SSSR count). The summed E-state index contributed by atoms with van der Waals surface area (Å²) in [5.41, 5.74) is 1.74. The van der Waals surface area contributed by atoms with Gasteiger partial charge in [-0.1, -0.05) is 12.1 Å². The second kappa shape index (κ2) is 8.55. The van der Waals surface area contributed by atoms with Gasteiger partial charge in [0.25, 0.3) is 6.43 Å². The minimum absolute atomic E-state index is 0.00756. The van der Waals surface area contributed by atoms with E-state index in [1.165, 1.54) is 0 Å². The van der Waals surface area contributed by atoms with E-state index in [2.05, 4.69) is 15.4 Å². The van der Waals surface area contributed by atoms with Crippen molar-refractivity contribution in [2.24, 2.45) is 0 Å². The fourth-order valence-corrected chi connectivity index (χ4v) is 1.52. The smallest absolute Gasteiger partial charge is 0.261 e. The highest BCUT2D eigenvalue weighted by atomic mass is 19.3. The van der Waals surface area contributed by atoms with Crippen molar-refractivity contribution in [3.63, 3.8) is 0 Å². The highest BCUT2D eigenvalue weighted by Crippen LogP contribution is 2.10. The summed E-state index contributed by atoms with van der Waals surface area (Å²) in [4.78, 5) is 11.5. The number of carbonyl (C=O) groups excluding carboxylic acids is 1. The van der Waals surface area contributed by atoms with Crippen LogP contribution in [0, 0.1) is 0 Å². The lowest BCUT2D eigenvalue weighted by Gasteiger charge is -2.07. The fraction of sp³-hybridized carbons (Fsp3) is 0.462. The first-order chi connectivity index (χ1) is 9.11. The summed E-state index contributed by atoms with van der Waals surface area (Å²) in [5.74, 6) is -0.254. The largest absolute Gasteiger partial charge is 0.375 e. The van der Waals surface area contributed by atoms with E-state index < -0.39 is 13.0 Å². The number of hydrogen-bond donors (Lipinski definition) is 2. The van der Waals surface area contributed by atoms with Crippen LogP contribution in [0.25, 0.3) is 0 Å². The third-order valence-electron chi connectivity index (χ3n) is 2.31. The van der Waals surface area contributed by atoms with E-state index in [0.717, 1.165) is 5.56 Å². The summed E-state index contributed by atoms with van der Waals surface area (Å²) in [7, 11) is 1.84. The van der Waals surface area contributed by atoms with Gasteiger partial charge >= 0.3 is 0 Å². The molecule has 1 aromatic rings. The summed E-state index contributed by atoms with van der Waals surface area (Å²) in [6.45, 7) is 0.0680. The molecule has 1 amide bonds. The van der Waals surface area contributed by atoms with Crippen LogP contribution in [0.1, 0.15) is 12.0 Å². The molecule has 0 unspecified atom stereocenters. The summed E-state index contributed by atoms with van der Waals surface area (Å²) in [6.07, 6.45) is -2.44. The van der Waals surface area contributed by atoms with Crippen LogP contribution in [0.15, 0.2) is 24.3 Å². The lowest BCUT2D eigenvalue weighted by molar-refractivity contribution is -0.117. The average molecular weight is 272 g/mol. The minimum Gasteiger partial charge on any atom is -0.375 e. The van der Waals surface area contributed by atoms with Gasteiger partial charge in [-0.25, -0.2) is 8.78 Å². The molecule has 0 radical (unpaired) electrons. The second-order valence-corrected chi connectivity index (χ2v) is 3.99. The van der Waals surface area contributed by atoms with Gasteiger partial charge in [-0.3, -0.25) is 4.79 Å². The quantitative estimate of drug-likeness (QED) is 0.712. The summed E-state index contributed by atoms with van der Waals surface area (Å²) < 4.78 is 28.2. The number of carbonyl (C=O) groups is 1. The van der Waals surface area contributed by atoms with Crippen molar-refractivity contribution in [3.05, 3.63) is 29.8 Å². The maximum absolute atomic E-state index is 11.8. The van der Waals surface area contributed by atoms with Crippen molar-refractivity contribution >= 4 is 11.6 Å². The predicted molar refractivity (Wildman–Crippen MR) is 69.3 cm³/mol. The number of alkyl halides is 2. The number of rotatable bonds is 8. The third-order valence-corrected chi connectivity index (χ3v) is 2.31. The Balaban J connectivity index is 2.33. The molecule has 0 saturated heterocycles. The van der Waals surface area contributed by atoms with E-state index in [0.29, 0.717) is 12.2 Å². The molecule has 0 bridgehead atoms. The third kappa shape index (κ3) is 6.83. The maximum atomic E-state index is 11.8. The molecule has 0 heterocycles. The lowest BCUT2D eigenvalue weighted by atomic mass is 10.2. The van der Waals surface area contributed by atoms with Gasteiger partial charge in [0.05, 0.1) is 13.0 Å². The molecule has 2 N–H and O–H groups in total. The Hall–Kier alpha value is -1.53. The topological polar surface area (TPSA) is 50.4 Å². The Labute approximate surface area is 111 Å². The van der Waals surface area contributed by atoms with Crippen LogP contribution in [0.3, 0.4) is 0 Å². The number of halogens is 2. The first-order valence-corrected chi connectivity index (χ1v) is 6.01. The van der Waals surface area contributed by atoms with E-state index in [4.69, 9.17) is 0 Å². The molecule has 0 fully saturated rings. The van der Waals surface area contributed by atoms with Crippen molar-refractivity contribution in [2.75, 3.05) is 25.6 Å². The van der Waals surface area contributed by atoms with Crippen LogP contribution in [0.2, 0.25) is 0 Å². The zero-order valence-corrected chi connectivity index (χ0v) is 10.8. The molecule has 19 heavy (non-hydrogen) atoms. The number of nitrogens with one attached hydrogen (secondary N) is 2. The highest BCUT2D eigenvalue weighted by molar-refractivity contribution is 5.90. The first-order valence-electron chi connectivity index (χ1n) is 6.01. The molecular formula is C13H18F2N2O2. The Morgan fingerprint density at radius 1 is 1.42 bits per heavy atom. The van der Waals surface area contributed by atoms with E-state index in [9.17, 15) is 13.6 Å². The number of amides is 1. The van der Waals surface area contributed by atoms with Crippen molar-refractivity contribution in [2.45, 2.75) is 19.4 Å². The normalized spacial score (nSPS) is 10.7. The summed E-state index contributed by atoms with van der Waals surface area (Å²) in [6, 6.07) is 7.42. The molecular weight excluding hydrogens is 254 g/mol. The molecule has 0 aliphatic heterocycles. The van der Waals surface area contributed by atoms with Crippen LogP contribution in [-0.4, -0.2) is 32.6 Å². The molecule has 0 aromatic heterocycles. The molecule has 0 aliphatic rings. The number of hydrogen-bond acceptors (Lipinski definition) is 3. The standard InChI is InChI=1S/C13H18F2N2O2/c1-16-8-10-3-2-4-11(7-10)17-13(18)5-6-19-9-12(14)15/h2-4,7,12,16H,5-6,8-9H2,1H3,(H,17,18). The van der Waals surface area contributed by atoms with Crippen LogP contribution in [0.5, 0.6) is 0 Å². The zero-order valence-electron chi connectivity index (χ0n) is 10.8. The second-order valence-electron chi connectivity index (χ2n) is 3.99. The van der Waals surface area contributed by atoms with E-state index in [1.54, 1.807) is 6.07 Å². The molecule has 6 heteroatoms. The fourth-order valence-electron chi connectivity index (χ4n) is 1.52. The first kappa shape index (κ1) is 15.5. The molecule has 4 nitrogen and oxygen atoms in total. The van der Waals surface area contributed by atoms with Gasteiger partial charge in [0, 0.05) is 12.2 Å². The number of anilines is 1. The number of benzene rings is 1. The Kier molecular flexibility index (Phi) is 6.99. The number of ether oxygens (including phenoxy) is 1. The summed E-state index contributed by atoms with van der Waals surface area (Å²) >= 11 is 0. The van der Waals surface area contributed by atoms with Crippen molar-refractivity contribution in [1.29, 1.82) is 0 Å². The van der Waals surface area contributed by atoms with Crippen LogP contribution >= 0.6 is 0 Å². The van der Waals surface area contributed by atoms with Crippen LogP contribution < -0.4 is 10.6 Å². The average Bonchev–Trinajstić information content (AvgIpc) is 2.35. The van der Waals surface area contributed by atoms with Gasteiger partial charge in [-0.05, 0) is 24.7 Å². The molecule has 0 atom stereocenters. The molecule has 106 valence electrons. The molecule has 1 aromatic carbocycles. The van der Waals surface area contributed by atoms with Gasteiger partial charge in [-0.15, -0.1) is 0 Å². The van der Waals surface area contributed by atoms with Crippen LogP contribution in [0.4, 0.5) is 14.5 Å². The molecule has 0 spiro atoms. The van der Waals surface area contributed by atoms with Gasteiger partial charge < -0.3 is 15.4 Å². The molecule has 0 aliphatic carbocycles. The van der Waals surface area contributed by atoms with Gasteiger partial charge in [0.15, 0.2) is 0 Å². The monoisotopic (exact) mass is 272 g/mol. The van der Waals surface area contributed by atoms with Crippen molar-refractivity contribution < 1.29 is 18.3 Å².